The standard InChI is InChI=1S/C18H20N2O4S/c1-19(11-16(21)20-7-2-3-14(10-20)18(23)24)17(22)13-4-5-15-12(9-13)6-8-25-15/h4-6,8-9,14H,2-3,7,10-11H2,1H3,(H,23,24). The van der Waals surface area contributed by atoms with Crippen molar-refractivity contribution in [3.8, 4) is 0 Å². The Kier molecular flexibility index (Phi) is 5.03. The zero-order valence-corrected chi connectivity index (χ0v) is 14.8. The van der Waals surface area contributed by atoms with Gasteiger partial charge in [0.15, 0.2) is 0 Å². The highest BCUT2D eigenvalue weighted by molar-refractivity contribution is 7.17. The maximum Gasteiger partial charge on any atom is 0.308 e. The van der Waals surface area contributed by atoms with Crippen molar-refractivity contribution in [2.75, 3.05) is 26.7 Å². The number of amides is 2. The topological polar surface area (TPSA) is 77.9 Å². The number of aliphatic carboxylic acids is 1. The summed E-state index contributed by atoms with van der Waals surface area (Å²) in [5.41, 5.74) is 0.545. The summed E-state index contributed by atoms with van der Waals surface area (Å²) in [7, 11) is 1.59. The van der Waals surface area contributed by atoms with Crippen molar-refractivity contribution in [2.24, 2.45) is 5.92 Å². The third kappa shape index (κ3) is 3.82. The van der Waals surface area contributed by atoms with Crippen molar-refractivity contribution in [1.82, 2.24) is 9.80 Å². The Morgan fingerprint density at radius 2 is 2.12 bits per heavy atom. The van der Waals surface area contributed by atoms with Gasteiger partial charge in [-0.05, 0) is 47.9 Å². The van der Waals surface area contributed by atoms with Gasteiger partial charge in [0.25, 0.3) is 5.91 Å². The van der Waals surface area contributed by atoms with Gasteiger partial charge in [0.1, 0.15) is 0 Å². The van der Waals surface area contributed by atoms with E-state index < -0.39 is 11.9 Å². The molecule has 7 heteroatoms. The number of likely N-dealkylation sites (tertiary alicyclic amines) is 1. The van der Waals surface area contributed by atoms with Crippen LogP contribution in [0.3, 0.4) is 0 Å². The van der Waals surface area contributed by atoms with Gasteiger partial charge in [-0.25, -0.2) is 0 Å². The first kappa shape index (κ1) is 17.4. The van der Waals surface area contributed by atoms with E-state index in [1.807, 2.05) is 23.6 Å². The number of likely N-dealkylation sites (N-methyl/N-ethyl adjacent to an activating group) is 1. The molecule has 1 unspecified atom stereocenters. The Bertz CT molecular complexity index is 816. The second kappa shape index (κ2) is 7.23. The van der Waals surface area contributed by atoms with E-state index >= 15 is 0 Å². The number of hydrogen-bond donors (Lipinski definition) is 1. The lowest BCUT2D eigenvalue weighted by Crippen LogP contribution is -2.46. The fourth-order valence-electron chi connectivity index (χ4n) is 3.10. The molecule has 0 spiro atoms. The molecule has 2 amide bonds. The smallest absolute Gasteiger partial charge is 0.308 e. The van der Waals surface area contributed by atoms with Crippen LogP contribution in [0.2, 0.25) is 0 Å². The first-order valence-electron chi connectivity index (χ1n) is 8.19. The molecule has 0 radical (unpaired) electrons. The molecular formula is C18H20N2O4S. The van der Waals surface area contributed by atoms with Crippen LogP contribution in [-0.2, 0) is 9.59 Å². The van der Waals surface area contributed by atoms with Crippen LogP contribution in [0.5, 0.6) is 0 Å². The maximum atomic E-state index is 12.6. The molecule has 0 aliphatic carbocycles. The van der Waals surface area contributed by atoms with Crippen LogP contribution in [0.1, 0.15) is 23.2 Å². The third-order valence-electron chi connectivity index (χ3n) is 4.54. The number of carboxylic acids is 1. The number of rotatable bonds is 4. The van der Waals surface area contributed by atoms with Crippen molar-refractivity contribution in [2.45, 2.75) is 12.8 Å². The highest BCUT2D eigenvalue weighted by atomic mass is 32.1. The van der Waals surface area contributed by atoms with Crippen LogP contribution < -0.4 is 0 Å². The largest absolute Gasteiger partial charge is 0.481 e. The minimum atomic E-state index is -0.869. The number of carboxylic acid groups (broad SMARTS) is 1. The molecule has 0 saturated carbocycles. The minimum Gasteiger partial charge on any atom is -0.481 e. The van der Waals surface area contributed by atoms with Crippen LogP contribution >= 0.6 is 11.3 Å². The van der Waals surface area contributed by atoms with E-state index in [1.54, 1.807) is 29.4 Å². The van der Waals surface area contributed by atoms with Crippen LogP contribution in [0.4, 0.5) is 0 Å². The molecule has 1 aliphatic heterocycles. The predicted octanol–water partition coefficient (Wildman–Crippen LogP) is 2.30. The Hall–Kier alpha value is -2.41. The van der Waals surface area contributed by atoms with Gasteiger partial charge in [-0.3, -0.25) is 14.4 Å². The van der Waals surface area contributed by atoms with E-state index in [9.17, 15) is 14.4 Å². The molecule has 2 heterocycles. The minimum absolute atomic E-state index is 0.0488. The molecule has 1 fully saturated rings. The van der Waals surface area contributed by atoms with Gasteiger partial charge in [-0.1, -0.05) is 0 Å². The fraction of sp³-hybridized carbons (Fsp3) is 0.389. The monoisotopic (exact) mass is 360 g/mol. The highest BCUT2D eigenvalue weighted by Gasteiger charge is 2.29. The van der Waals surface area contributed by atoms with E-state index in [2.05, 4.69) is 0 Å². The number of hydrogen-bond acceptors (Lipinski definition) is 4. The number of benzene rings is 1. The van der Waals surface area contributed by atoms with Gasteiger partial charge in [0.05, 0.1) is 12.5 Å². The molecule has 1 aromatic carbocycles. The van der Waals surface area contributed by atoms with E-state index in [1.165, 1.54) is 4.90 Å². The van der Waals surface area contributed by atoms with Gasteiger partial charge in [0.2, 0.25) is 5.91 Å². The van der Waals surface area contributed by atoms with Gasteiger partial charge >= 0.3 is 5.97 Å². The van der Waals surface area contributed by atoms with Gasteiger partial charge in [-0.2, -0.15) is 0 Å². The fourth-order valence-corrected chi connectivity index (χ4v) is 3.87. The van der Waals surface area contributed by atoms with Crippen molar-refractivity contribution in [3.05, 3.63) is 35.2 Å². The van der Waals surface area contributed by atoms with Gasteiger partial charge in [0, 0.05) is 30.4 Å². The zero-order chi connectivity index (χ0) is 18.0. The summed E-state index contributed by atoms with van der Waals surface area (Å²) in [5, 5.41) is 12.1. The quantitative estimate of drug-likeness (QED) is 0.907. The number of carbonyl (C=O) groups is 3. The Morgan fingerprint density at radius 3 is 2.88 bits per heavy atom. The highest BCUT2D eigenvalue weighted by Crippen LogP contribution is 2.22. The average molecular weight is 360 g/mol. The van der Waals surface area contributed by atoms with Crippen molar-refractivity contribution in [1.29, 1.82) is 0 Å². The SMILES string of the molecule is CN(CC(=O)N1CCCC(C(=O)O)C1)C(=O)c1ccc2sccc2c1. The molecule has 1 N–H and O–H groups in total. The molecule has 0 bridgehead atoms. The van der Waals surface area contributed by atoms with Crippen LogP contribution in [-0.4, -0.2) is 59.4 Å². The van der Waals surface area contributed by atoms with Crippen molar-refractivity contribution in [3.63, 3.8) is 0 Å². The van der Waals surface area contributed by atoms with E-state index in [0.717, 1.165) is 10.1 Å². The molecule has 1 aliphatic rings. The zero-order valence-electron chi connectivity index (χ0n) is 14.0. The molecule has 6 nitrogen and oxygen atoms in total. The van der Waals surface area contributed by atoms with Crippen LogP contribution in [0.15, 0.2) is 29.6 Å². The summed E-state index contributed by atoms with van der Waals surface area (Å²) in [4.78, 5) is 39.0. The summed E-state index contributed by atoms with van der Waals surface area (Å²) >= 11 is 1.61. The first-order valence-corrected chi connectivity index (χ1v) is 9.07. The van der Waals surface area contributed by atoms with Crippen LogP contribution in [0, 0.1) is 5.92 Å². The molecule has 1 aromatic heterocycles. The number of fused-ring (bicyclic) bond motifs is 1. The number of carbonyl (C=O) groups excluding carboxylic acids is 2. The molecular weight excluding hydrogens is 340 g/mol. The Balaban J connectivity index is 1.64. The lowest BCUT2D eigenvalue weighted by Gasteiger charge is -2.32. The van der Waals surface area contributed by atoms with E-state index in [-0.39, 0.29) is 24.9 Å². The van der Waals surface area contributed by atoms with Crippen molar-refractivity contribution < 1.29 is 19.5 Å². The summed E-state index contributed by atoms with van der Waals surface area (Å²) in [6, 6.07) is 7.46. The normalized spacial score (nSPS) is 17.5. The van der Waals surface area contributed by atoms with E-state index in [0.29, 0.717) is 24.9 Å². The number of nitrogens with zero attached hydrogens (tertiary/aromatic N) is 2. The molecule has 25 heavy (non-hydrogen) atoms. The van der Waals surface area contributed by atoms with Crippen molar-refractivity contribution >= 4 is 39.2 Å². The lowest BCUT2D eigenvalue weighted by molar-refractivity contribution is -0.145. The average Bonchev–Trinajstić information content (AvgIpc) is 3.08. The Morgan fingerprint density at radius 1 is 1.32 bits per heavy atom. The summed E-state index contributed by atoms with van der Waals surface area (Å²) in [6.07, 6.45) is 1.27. The number of thiophene rings is 1. The van der Waals surface area contributed by atoms with Gasteiger partial charge in [-0.15, -0.1) is 11.3 Å². The first-order chi connectivity index (χ1) is 12.0. The summed E-state index contributed by atoms with van der Waals surface area (Å²) < 4.78 is 1.11. The second-order valence-corrected chi connectivity index (χ2v) is 7.30. The molecule has 2 aromatic rings. The molecule has 1 atom stereocenters. The number of piperidine rings is 1. The molecule has 3 rings (SSSR count). The maximum absolute atomic E-state index is 12.6. The lowest BCUT2D eigenvalue weighted by atomic mass is 9.98. The Labute approximate surface area is 149 Å². The van der Waals surface area contributed by atoms with Gasteiger partial charge < -0.3 is 14.9 Å². The molecule has 132 valence electrons. The second-order valence-electron chi connectivity index (χ2n) is 6.35. The van der Waals surface area contributed by atoms with Crippen LogP contribution in [0.25, 0.3) is 10.1 Å². The third-order valence-corrected chi connectivity index (χ3v) is 5.44. The predicted molar refractivity (Wildman–Crippen MR) is 95.7 cm³/mol. The molecule has 1 saturated heterocycles. The summed E-state index contributed by atoms with van der Waals surface area (Å²) in [6.45, 7) is 0.718. The summed E-state index contributed by atoms with van der Waals surface area (Å²) in [5.74, 6) is -1.81. The van der Waals surface area contributed by atoms with E-state index in [4.69, 9.17) is 5.11 Å².